The molecule has 1 amide bonds. The highest BCUT2D eigenvalue weighted by Gasteiger charge is 2.38. The molecule has 0 atom stereocenters. The molecule has 0 saturated heterocycles. The molecule has 4 aromatic heterocycles. The zero-order valence-corrected chi connectivity index (χ0v) is 35.1. The van der Waals surface area contributed by atoms with Crippen LogP contribution in [0.2, 0.25) is 0 Å². The van der Waals surface area contributed by atoms with Gasteiger partial charge in [0.15, 0.2) is 23.3 Å². The molecule has 0 aliphatic rings. The molecule has 71 heavy (non-hydrogen) atoms. The molecule has 0 unspecified atom stereocenters. The SMILES string of the molecule is NNc1cnc2ccccc2n1.O=C(/C=C\n1cnc(-c2cc(C(F)(F)F)cc(C(F)(F)F)c2)n1)NNc1cnc2ccccc2n1.O=C(O)/C=C\n1cnc(-c2cc(C(F)(F)F)cc(C(F)(F)F)c2)n1. The minimum Gasteiger partial charge on any atom is -0.478 e. The van der Waals surface area contributed by atoms with Crippen LogP contribution < -0.4 is 22.1 Å². The first-order valence-corrected chi connectivity index (χ1v) is 19.3. The van der Waals surface area contributed by atoms with Crippen molar-refractivity contribution in [2.75, 3.05) is 10.9 Å². The van der Waals surface area contributed by atoms with E-state index in [1.807, 2.05) is 24.3 Å². The summed E-state index contributed by atoms with van der Waals surface area (Å²) in [4.78, 5) is 46.5. The number of hydrogen-bond donors (Lipinski definition) is 5. The average Bonchev–Trinajstić information content (AvgIpc) is 4.02. The van der Waals surface area contributed by atoms with Gasteiger partial charge in [0.1, 0.15) is 12.7 Å². The first-order valence-electron chi connectivity index (χ1n) is 19.3. The van der Waals surface area contributed by atoms with Crippen molar-refractivity contribution >= 4 is 58.0 Å². The topological polar surface area (TPSA) is 229 Å². The summed E-state index contributed by atoms with van der Waals surface area (Å²) in [6, 6.07) is 16.7. The maximum Gasteiger partial charge on any atom is 0.416 e. The smallest absolute Gasteiger partial charge is 0.416 e. The number of nitrogens with one attached hydrogen (secondary N) is 3. The number of benzene rings is 4. The van der Waals surface area contributed by atoms with E-state index in [0.29, 0.717) is 47.2 Å². The van der Waals surface area contributed by atoms with Crippen LogP contribution in [0.4, 0.5) is 64.3 Å². The minimum absolute atomic E-state index is 0.00910. The third-order valence-electron chi connectivity index (χ3n) is 8.82. The van der Waals surface area contributed by atoms with Crippen molar-refractivity contribution in [3.63, 3.8) is 0 Å². The Kier molecular flexibility index (Phi) is 15.3. The molecule has 0 bridgehead atoms. The molecule has 8 rings (SSSR count). The predicted molar refractivity (Wildman–Crippen MR) is 228 cm³/mol. The van der Waals surface area contributed by atoms with Gasteiger partial charge >= 0.3 is 30.7 Å². The van der Waals surface area contributed by atoms with Crippen molar-refractivity contribution in [2.45, 2.75) is 24.7 Å². The molecule has 0 aliphatic carbocycles. The first-order chi connectivity index (χ1) is 33.3. The number of nitrogens with zero attached hydrogens (tertiary/aromatic N) is 10. The van der Waals surface area contributed by atoms with Crippen molar-refractivity contribution in [1.82, 2.24) is 54.9 Å². The fraction of sp³-hybridized carbons (Fsp3) is 0.0952. The lowest BCUT2D eigenvalue weighted by atomic mass is 10.0. The van der Waals surface area contributed by atoms with Crippen molar-refractivity contribution in [2.24, 2.45) is 5.84 Å². The number of halogens is 12. The van der Waals surface area contributed by atoms with Crippen LogP contribution in [0, 0.1) is 0 Å². The second-order valence-electron chi connectivity index (χ2n) is 13.9. The number of carboxylic acid groups (broad SMARTS) is 1. The molecule has 17 nitrogen and oxygen atoms in total. The van der Waals surface area contributed by atoms with Gasteiger partial charge in [-0.3, -0.25) is 25.6 Å². The average molecular weight is 1000 g/mol. The van der Waals surface area contributed by atoms with Crippen LogP contribution in [0.1, 0.15) is 22.3 Å². The van der Waals surface area contributed by atoms with Gasteiger partial charge in [-0.2, -0.15) is 52.7 Å². The Morgan fingerprint density at radius 2 is 0.915 bits per heavy atom. The van der Waals surface area contributed by atoms with Gasteiger partial charge in [0.25, 0.3) is 5.91 Å². The number of alkyl halides is 12. The standard InChI is InChI=1S/C21H13F6N7O.C13H7F6N3O2.C8H8N4/c22-20(23,24)13-7-12(8-14(9-13)21(25,26)27)19-29-11-34(33-19)6-5-18(35)32-31-17-10-28-15-3-1-2-4-16(15)30-17;14-12(15,16)8-3-7(4-9(5-8)13(17,18)19)11-20-6-22(21-11)2-1-10(23)24;9-12-8-5-10-6-3-1-2-4-7(6)11-8/h1-11H,(H,30,31)(H,32,35);1-6H,(H,23,24);1-5H,9H2,(H,11,12)/b6-5-;2-1-;. The third kappa shape index (κ3) is 14.3. The summed E-state index contributed by atoms with van der Waals surface area (Å²) in [7, 11) is 0. The van der Waals surface area contributed by atoms with Gasteiger partial charge < -0.3 is 10.5 Å². The largest absolute Gasteiger partial charge is 0.478 e. The third-order valence-corrected chi connectivity index (χ3v) is 8.82. The molecule has 368 valence electrons. The lowest BCUT2D eigenvalue weighted by Crippen LogP contribution is -2.28. The van der Waals surface area contributed by atoms with Crippen LogP contribution in [0.25, 0.3) is 57.2 Å². The van der Waals surface area contributed by atoms with Crippen LogP contribution in [0.3, 0.4) is 0 Å². The molecule has 0 aliphatic heterocycles. The van der Waals surface area contributed by atoms with Crippen molar-refractivity contribution in [3.8, 4) is 22.8 Å². The number of carbonyl (C=O) groups excluding carboxylic acids is 1. The number of anilines is 2. The summed E-state index contributed by atoms with van der Waals surface area (Å²) < 4.78 is 157. The quantitative estimate of drug-likeness (QED) is 0.0394. The summed E-state index contributed by atoms with van der Waals surface area (Å²) in [6.07, 6.45) is -11.3. The van der Waals surface area contributed by atoms with E-state index in [0.717, 1.165) is 51.5 Å². The second-order valence-corrected chi connectivity index (χ2v) is 13.9. The van der Waals surface area contributed by atoms with Crippen molar-refractivity contribution in [3.05, 3.63) is 144 Å². The number of aliphatic carboxylic acids is 1. The summed E-state index contributed by atoms with van der Waals surface area (Å²) in [5.41, 5.74) is 3.35. The van der Waals surface area contributed by atoms with Gasteiger partial charge in [-0.05, 0) is 60.7 Å². The number of nitrogens with two attached hydrogens (primary N) is 1. The molecule has 29 heteroatoms. The number of aromatic nitrogens is 10. The maximum atomic E-state index is 13.1. The van der Waals surface area contributed by atoms with Crippen LogP contribution >= 0.6 is 0 Å². The number of carboxylic acids is 1. The van der Waals surface area contributed by atoms with E-state index in [2.05, 4.69) is 56.4 Å². The molecule has 0 saturated carbocycles. The Balaban J connectivity index is 0.000000196. The number of para-hydroxylation sites is 4. The van der Waals surface area contributed by atoms with Gasteiger partial charge in [0, 0.05) is 35.7 Å². The van der Waals surface area contributed by atoms with E-state index in [9.17, 15) is 62.3 Å². The van der Waals surface area contributed by atoms with E-state index < -0.39 is 81.6 Å². The van der Waals surface area contributed by atoms with E-state index in [4.69, 9.17) is 10.9 Å². The first kappa shape index (κ1) is 51.4. The Labute approximate surface area is 388 Å². The van der Waals surface area contributed by atoms with E-state index in [1.165, 1.54) is 6.20 Å². The van der Waals surface area contributed by atoms with Gasteiger partial charge in [0.05, 0.1) is 56.7 Å². The molecule has 8 aromatic rings. The highest BCUT2D eigenvalue weighted by Crippen LogP contribution is 2.39. The van der Waals surface area contributed by atoms with Crippen LogP contribution in [0.5, 0.6) is 0 Å². The summed E-state index contributed by atoms with van der Waals surface area (Å²) in [5.74, 6) is 3.25. The van der Waals surface area contributed by atoms with Gasteiger partial charge in [-0.1, -0.05) is 24.3 Å². The molecule has 4 aromatic carbocycles. The van der Waals surface area contributed by atoms with Crippen molar-refractivity contribution in [1.29, 1.82) is 0 Å². The molecule has 0 spiro atoms. The molecular weight excluding hydrogens is 977 g/mol. The zero-order chi connectivity index (χ0) is 51.7. The normalized spacial score (nSPS) is 12.1. The van der Waals surface area contributed by atoms with Crippen LogP contribution in [-0.4, -0.2) is 66.4 Å². The predicted octanol–water partition coefficient (Wildman–Crippen LogP) is 8.99. The Morgan fingerprint density at radius 1 is 0.535 bits per heavy atom. The highest BCUT2D eigenvalue weighted by molar-refractivity contribution is 5.91. The number of hydrazine groups is 2. The summed E-state index contributed by atoms with van der Waals surface area (Å²) in [6.45, 7) is 0. The number of hydrogen-bond acceptors (Lipinski definition) is 13. The van der Waals surface area contributed by atoms with Crippen LogP contribution in [0.15, 0.2) is 122 Å². The Hall–Kier alpha value is -9.02. The van der Waals surface area contributed by atoms with Gasteiger partial charge in [-0.25, -0.2) is 39.9 Å². The molecule has 0 fully saturated rings. The van der Waals surface area contributed by atoms with E-state index >= 15 is 0 Å². The number of nitrogen functional groups attached to an aromatic ring is 1. The molecular formula is C42H28F12N14O3. The fourth-order valence-corrected chi connectivity index (χ4v) is 5.62. The zero-order valence-electron chi connectivity index (χ0n) is 35.1. The Bertz CT molecular complexity index is 3170. The lowest BCUT2D eigenvalue weighted by molar-refractivity contribution is -0.144. The lowest BCUT2D eigenvalue weighted by Gasteiger charge is -2.13. The van der Waals surface area contributed by atoms with E-state index in [1.54, 1.807) is 30.5 Å². The molecule has 4 heterocycles. The summed E-state index contributed by atoms with van der Waals surface area (Å²) >= 11 is 0. The maximum absolute atomic E-state index is 13.1. The fourth-order valence-electron chi connectivity index (χ4n) is 5.62. The highest BCUT2D eigenvalue weighted by atomic mass is 19.4. The van der Waals surface area contributed by atoms with E-state index in [-0.39, 0.29) is 18.0 Å². The number of fused-ring (bicyclic) bond motifs is 2. The Morgan fingerprint density at radius 3 is 1.31 bits per heavy atom. The monoisotopic (exact) mass is 1000 g/mol. The number of amides is 1. The van der Waals surface area contributed by atoms with Crippen LogP contribution in [-0.2, 0) is 34.3 Å². The molecule has 6 N–H and O–H groups in total. The minimum atomic E-state index is -5.00. The second kappa shape index (κ2) is 21.1. The van der Waals surface area contributed by atoms with Gasteiger partial charge in [-0.15, -0.1) is 10.2 Å². The summed E-state index contributed by atoms with van der Waals surface area (Å²) in [5, 5.41) is 15.9. The van der Waals surface area contributed by atoms with Gasteiger partial charge in [0.2, 0.25) is 0 Å². The number of rotatable bonds is 9. The van der Waals surface area contributed by atoms with Crippen molar-refractivity contribution < 1.29 is 67.4 Å². The number of carbonyl (C=O) groups is 2. The molecule has 0 radical (unpaired) electrons.